The Morgan fingerprint density at radius 2 is 1.84 bits per heavy atom. The number of carbonyl (C=O) groups excluding carboxylic acids is 1. The molecule has 98 valence electrons. The summed E-state index contributed by atoms with van der Waals surface area (Å²) in [4.78, 5) is 12.1. The lowest BCUT2D eigenvalue weighted by Gasteiger charge is -2.29. The Kier molecular flexibility index (Phi) is 3.22. The minimum Gasteiger partial charge on any atom is -0.349 e. The number of hydrogen-bond acceptors (Lipinski definition) is 3. The zero-order valence-corrected chi connectivity index (χ0v) is 10.7. The summed E-state index contributed by atoms with van der Waals surface area (Å²) in [5, 5.41) is 15.4. The topological polar surface area (TPSA) is 64.9 Å². The maximum atomic E-state index is 12.1. The molecule has 0 saturated carbocycles. The van der Waals surface area contributed by atoms with Gasteiger partial charge in [-0.25, -0.2) is 0 Å². The molecule has 2 unspecified atom stereocenters. The molecule has 2 aliphatic rings. The van der Waals surface area contributed by atoms with Crippen molar-refractivity contribution in [1.29, 1.82) is 5.26 Å². The quantitative estimate of drug-likeness (QED) is 0.843. The van der Waals surface area contributed by atoms with E-state index in [0.29, 0.717) is 23.2 Å². The Morgan fingerprint density at radius 3 is 2.42 bits per heavy atom. The number of rotatable bonds is 2. The number of nitrogens with zero attached hydrogens (tertiary/aromatic N) is 1. The Hall–Kier alpha value is -1.86. The summed E-state index contributed by atoms with van der Waals surface area (Å²) < 4.78 is 0. The fourth-order valence-corrected chi connectivity index (χ4v) is 3.14. The Morgan fingerprint density at radius 1 is 1.21 bits per heavy atom. The molecule has 4 nitrogen and oxygen atoms in total. The number of benzene rings is 1. The number of nitrogens with one attached hydrogen (secondary N) is 2. The summed E-state index contributed by atoms with van der Waals surface area (Å²) in [7, 11) is 0. The SMILES string of the molecule is N#Cc1ccc(C(=O)NC2CC3CCC(C2)N3)cc1. The van der Waals surface area contributed by atoms with Crippen molar-refractivity contribution in [1.82, 2.24) is 10.6 Å². The monoisotopic (exact) mass is 255 g/mol. The van der Waals surface area contributed by atoms with Crippen LogP contribution in [0.2, 0.25) is 0 Å². The van der Waals surface area contributed by atoms with Gasteiger partial charge in [-0.1, -0.05) is 0 Å². The number of nitriles is 1. The highest BCUT2D eigenvalue weighted by Gasteiger charge is 2.33. The van der Waals surface area contributed by atoms with Gasteiger partial charge in [-0.2, -0.15) is 5.26 Å². The van der Waals surface area contributed by atoms with Crippen molar-refractivity contribution in [3.8, 4) is 6.07 Å². The van der Waals surface area contributed by atoms with Crippen molar-refractivity contribution in [2.24, 2.45) is 0 Å². The first kappa shape index (κ1) is 12.2. The molecular weight excluding hydrogens is 238 g/mol. The molecule has 19 heavy (non-hydrogen) atoms. The molecule has 2 bridgehead atoms. The van der Waals surface area contributed by atoms with Crippen molar-refractivity contribution >= 4 is 5.91 Å². The molecule has 3 rings (SSSR count). The molecule has 0 aliphatic carbocycles. The number of piperidine rings is 1. The summed E-state index contributed by atoms with van der Waals surface area (Å²) in [6.45, 7) is 0. The zero-order chi connectivity index (χ0) is 13.2. The summed E-state index contributed by atoms with van der Waals surface area (Å²) in [5.41, 5.74) is 1.21. The van der Waals surface area contributed by atoms with Gasteiger partial charge in [-0.15, -0.1) is 0 Å². The number of fused-ring (bicyclic) bond motifs is 2. The predicted molar refractivity (Wildman–Crippen MR) is 71.6 cm³/mol. The molecular formula is C15H17N3O. The molecule has 2 fully saturated rings. The third-order valence-electron chi connectivity index (χ3n) is 4.08. The van der Waals surface area contributed by atoms with Crippen molar-refractivity contribution in [3.63, 3.8) is 0 Å². The Bertz CT molecular complexity index is 505. The van der Waals surface area contributed by atoms with Gasteiger partial charge in [0.15, 0.2) is 0 Å². The van der Waals surface area contributed by atoms with E-state index in [0.717, 1.165) is 12.8 Å². The average molecular weight is 255 g/mol. The molecule has 1 aromatic rings. The Labute approximate surface area is 112 Å². The molecule has 4 heteroatoms. The summed E-state index contributed by atoms with van der Waals surface area (Å²) >= 11 is 0. The second kappa shape index (κ2) is 5.02. The van der Waals surface area contributed by atoms with Crippen LogP contribution in [0.3, 0.4) is 0 Å². The van der Waals surface area contributed by atoms with Gasteiger partial charge < -0.3 is 10.6 Å². The zero-order valence-electron chi connectivity index (χ0n) is 10.7. The van der Waals surface area contributed by atoms with E-state index in [1.807, 2.05) is 0 Å². The van der Waals surface area contributed by atoms with Crippen LogP contribution >= 0.6 is 0 Å². The van der Waals surface area contributed by atoms with Gasteiger partial charge >= 0.3 is 0 Å². The second-order valence-electron chi connectivity index (χ2n) is 5.47. The largest absolute Gasteiger partial charge is 0.349 e. The van der Waals surface area contributed by atoms with Crippen molar-refractivity contribution < 1.29 is 4.79 Å². The van der Waals surface area contributed by atoms with E-state index in [1.54, 1.807) is 24.3 Å². The molecule has 0 radical (unpaired) electrons. The van der Waals surface area contributed by atoms with Gasteiger partial charge in [0.1, 0.15) is 0 Å². The molecule has 2 atom stereocenters. The smallest absolute Gasteiger partial charge is 0.251 e. The number of hydrogen-bond donors (Lipinski definition) is 2. The van der Waals surface area contributed by atoms with Gasteiger partial charge in [0.25, 0.3) is 5.91 Å². The standard InChI is InChI=1S/C15H17N3O/c16-9-10-1-3-11(4-2-10)15(19)18-14-7-12-5-6-13(8-14)17-12/h1-4,12-14,17H,5-8H2,(H,18,19). The van der Waals surface area contributed by atoms with E-state index in [9.17, 15) is 4.79 Å². The molecule has 0 spiro atoms. The van der Waals surface area contributed by atoms with Crippen LogP contribution < -0.4 is 10.6 Å². The summed E-state index contributed by atoms with van der Waals surface area (Å²) in [5.74, 6) is -0.0317. The van der Waals surface area contributed by atoms with Crippen molar-refractivity contribution in [3.05, 3.63) is 35.4 Å². The van der Waals surface area contributed by atoms with Crippen LogP contribution in [0.1, 0.15) is 41.6 Å². The minimum absolute atomic E-state index is 0.0317. The first-order chi connectivity index (χ1) is 9.24. The van der Waals surface area contributed by atoms with Crippen LogP contribution in [0.15, 0.2) is 24.3 Å². The lowest BCUT2D eigenvalue weighted by atomic mass is 9.99. The van der Waals surface area contributed by atoms with Gasteiger partial charge in [-0.05, 0) is 49.9 Å². The maximum Gasteiger partial charge on any atom is 0.251 e. The lowest BCUT2D eigenvalue weighted by Crippen LogP contribution is -2.48. The normalized spacial score (nSPS) is 28.7. The fourth-order valence-electron chi connectivity index (χ4n) is 3.14. The Balaban J connectivity index is 1.63. The molecule has 2 N–H and O–H groups in total. The van der Waals surface area contributed by atoms with Gasteiger partial charge in [0.05, 0.1) is 11.6 Å². The van der Waals surface area contributed by atoms with E-state index in [-0.39, 0.29) is 11.9 Å². The molecule has 2 saturated heterocycles. The third-order valence-corrected chi connectivity index (χ3v) is 4.08. The predicted octanol–water partition coefficient (Wildman–Crippen LogP) is 1.57. The highest BCUT2D eigenvalue weighted by Crippen LogP contribution is 2.26. The first-order valence-corrected chi connectivity index (χ1v) is 6.81. The first-order valence-electron chi connectivity index (χ1n) is 6.81. The minimum atomic E-state index is -0.0317. The highest BCUT2D eigenvalue weighted by molar-refractivity contribution is 5.94. The molecule has 2 aliphatic heterocycles. The van der Waals surface area contributed by atoms with Crippen LogP contribution in [0.5, 0.6) is 0 Å². The number of carbonyl (C=O) groups is 1. The maximum absolute atomic E-state index is 12.1. The fraction of sp³-hybridized carbons (Fsp3) is 0.467. The van der Waals surface area contributed by atoms with Crippen molar-refractivity contribution in [2.45, 2.75) is 43.8 Å². The van der Waals surface area contributed by atoms with E-state index >= 15 is 0 Å². The van der Waals surface area contributed by atoms with Crippen LogP contribution in [0, 0.1) is 11.3 Å². The second-order valence-corrected chi connectivity index (χ2v) is 5.47. The number of amides is 1. The summed E-state index contributed by atoms with van der Waals surface area (Å²) in [6.07, 6.45) is 4.51. The van der Waals surface area contributed by atoms with Crippen LogP contribution in [0.25, 0.3) is 0 Å². The lowest BCUT2D eigenvalue weighted by molar-refractivity contribution is 0.0924. The van der Waals surface area contributed by atoms with E-state index in [2.05, 4.69) is 16.7 Å². The van der Waals surface area contributed by atoms with Gasteiger partial charge in [-0.3, -0.25) is 4.79 Å². The van der Waals surface area contributed by atoms with Crippen LogP contribution in [-0.4, -0.2) is 24.0 Å². The van der Waals surface area contributed by atoms with E-state index < -0.39 is 0 Å². The van der Waals surface area contributed by atoms with Gasteiger partial charge in [0, 0.05) is 23.7 Å². The van der Waals surface area contributed by atoms with Crippen molar-refractivity contribution in [2.75, 3.05) is 0 Å². The van der Waals surface area contributed by atoms with Gasteiger partial charge in [0.2, 0.25) is 0 Å². The molecule has 1 aromatic carbocycles. The molecule has 2 heterocycles. The van der Waals surface area contributed by atoms with E-state index in [4.69, 9.17) is 5.26 Å². The molecule has 0 aromatic heterocycles. The van der Waals surface area contributed by atoms with E-state index in [1.165, 1.54) is 12.8 Å². The van der Waals surface area contributed by atoms with Crippen LogP contribution in [-0.2, 0) is 0 Å². The average Bonchev–Trinajstić information content (AvgIpc) is 2.78. The summed E-state index contributed by atoms with van der Waals surface area (Å²) in [6, 6.07) is 10.3. The van der Waals surface area contributed by atoms with Crippen LogP contribution in [0.4, 0.5) is 0 Å². The highest BCUT2D eigenvalue weighted by atomic mass is 16.1. The third kappa shape index (κ3) is 2.61. The molecule has 1 amide bonds.